The first kappa shape index (κ1) is 12.0. The number of rotatable bonds is 3. The second-order valence-corrected chi connectivity index (χ2v) is 4.59. The fourth-order valence-corrected chi connectivity index (χ4v) is 2.17. The number of aryl methyl sites for hydroxylation is 1. The highest BCUT2D eigenvalue weighted by Gasteiger charge is 2.22. The number of amides is 1. The van der Waals surface area contributed by atoms with E-state index >= 15 is 0 Å². The molecule has 5 heteroatoms. The second kappa shape index (κ2) is 4.79. The molecular formula is C12H19N3O2. The monoisotopic (exact) mass is 237 g/mol. The number of nitrogens with two attached hydrogens (primary N) is 1. The van der Waals surface area contributed by atoms with E-state index in [9.17, 15) is 4.79 Å². The Hall–Kier alpha value is -1.49. The smallest absolute Gasteiger partial charge is 0.270 e. The fourth-order valence-electron chi connectivity index (χ4n) is 2.17. The lowest BCUT2D eigenvalue weighted by Gasteiger charge is -2.20. The molecule has 1 atom stereocenters. The quantitative estimate of drug-likeness (QED) is 0.848. The standard InChI is InChI=1S/C12H19N3O2/c1-14-7-9(13)6-11(14)12(16)15(2)8-10-4-3-5-17-10/h6-7,10H,3-5,8,13H2,1-2H3. The van der Waals surface area contributed by atoms with Crippen molar-refractivity contribution >= 4 is 11.6 Å². The van der Waals surface area contributed by atoms with E-state index in [-0.39, 0.29) is 12.0 Å². The van der Waals surface area contributed by atoms with Crippen LogP contribution in [0.3, 0.4) is 0 Å². The molecule has 1 aromatic heterocycles. The number of hydrogen-bond acceptors (Lipinski definition) is 3. The number of nitrogens with zero attached hydrogens (tertiary/aromatic N) is 2. The van der Waals surface area contributed by atoms with Gasteiger partial charge in [-0.1, -0.05) is 0 Å². The van der Waals surface area contributed by atoms with Crippen molar-refractivity contribution in [3.8, 4) is 0 Å². The van der Waals surface area contributed by atoms with E-state index in [1.165, 1.54) is 0 Å². The summed E-state index contributed by atoms with van der Waals surface area (Å²) < 4.78 is 7.27. The van der Waals surface area contributed by atoms with Crippen molar-refractivity contribution in [1.82, 2.24) is 9.47 Å². The first-order valence-corrected chi connectivity index (χ1v) is 5.87. The van der Waals surface area contributed by atoms with E-state index in [0.29, 0.717) is 17.9 Å². The minimum absolute atomic E-state index is 0.0142. The second-order valence-electron chi connectivity index (χ2n) is 4.59. The van der Waals surface area contributed by atoms with Crippen LogP contribution in [0.1, 0.15) is 23.3 Å². The SMILES string of the molecule is CN(CC1CCCO1)C(=O)c1cc(N)cn1C. The molecule has 0 bridgehead atoms. The Balaban J connectivity index is 2.01. The maximum absolute atomic E-state index is 12.2. The van der Waals surface area contributed by atoms with Gasteiger partial charge >= 0.3 is 0 Å². The number of nitrogen functional groups attached to an aromatic ring is 1. The molecule has 17 heavy (non-hydrogen) atoms. The number of ether oxygens (including phenoxy) is 1. The first-order chi connectivity index (χ1) is 8.08. The molecule has 0 aliphatic carbocycles. The molecule has 1 unspecified atom stereocenters. The van der Waals surface area contributed by atoms with Crippen molar-refractivity contribution in [2.75, 3.05) is 25.9 Å². The minimum Gasteiger partial charge on any atom is -0.397 e. The lowest BCUT2D eigenvalue weighted by atomic mass is 10.2. The van der Waals surface area contributed by atoms with Gasteiger partial charge in [-0.2, -0.15) is 0 Å². The highest BCUT2D eigenvalue weighted by atomic mass is 16.5. The zero-order valence-corrected chi connectivity index (χ0v) is 10.3. The molecule has 94 valence electrons. The molecule has 1 fully saturated rings. The third-order valence-corrected chi connectivity index (χ3v) is 3.09. The summed E-state index contributed by atoms with van der Waals surface area (Å²) in [6, 6.07) is 1.70. The maximum Gasteiger partial charge on any atom is 0.270 e. The summed E-state index contributed by atoms with van der Waals surface area (Å²) in [6.45, 7) is 1.45. The molecule has 2 rings (SSSR count). The van der Waals surface area contributed by atoms with Crippen molar-refractivity contribution in [2.24, 2.45) is 7.05 Å². The molecule has 0 spiro atoms. The van der Waals surface area contributed by atoms with Crippen molar-refractivity contribution in [1.29, 1.82) is 0 Å². The summed E-state index contributed by atoms with van der Waals surface area (Å²) in [5.41, 5.74) is 6.89. The first-order valence-electron chi connectivity index (χ1n) is 5.87. The summed E-state index contributed by atoms with van der Waals surface area (Å²) >= 11 is 0. The van der Waals surface area contributed by atoms with Gasteiger partial charge in [-0.25, -0.2) is 0 Å². The number of carbonyl (C=O) groups excluding carboxylic acids is 1. The van der Waals surface area contributed by atoms with E-state index in [4.69, 9.17) is 10.5 Å². The van der Waals surface area contributed by atoms with Gasteiger partial charge in [-0.05, 0) is 18.9 Å². The van der Waals surface area contributed by atoms with Gasteiger partial charge in [0.15, 0.2) is 0 Å². The summed E-state index contributed by atoms with van der Waals surface area (Å²) in [7, 11) is 3.62. The largest absolute Gasteiger partial charge is 0.397 e. The van der Waals surface area contributed by atoms with Crippen molar-refractivity contribution in [3.63, 3.8) is 0 Å². The molecule has 1 saturated heterocycles. The van der Waals surface area contributed by atoms with Gasteiger partial charge in [0.2, 0.25) is 0 Å². The fraction of sp³-hybridized carbons (Fsp3) is 0.583. The minimum atomic E-state index is -0.0142. The molecule has 2 heterocycles. The third-order valence-electron chi connectivity index (χ3n) is 3.09. The van der Waals surface area contributed by atoms with E-state index in [0.717, 1.165) is 19.4 Å². The molecule has 0 saturated carbocycles. The summed E-state index contributed by atoms with van der Waals surface area (Å²) in [6.07, 6.45) is 4.05. The Morgan fingerprint density at radius 2 is 2.47 bits per heavy atom. The molecule has 2 N–H and O–H groups in total. The molecule has 0 aromatic carbocycles. The number of carbonyl (C=O) groups is 1. The average Bonchev–Trinajstić information content (AvgIpc) is 2.87. The van der Waals surface area contributed by atoms with E-state index < -0.39 is 0 Å². The van der Waals surface area contributed by atoms with Crippen LogP contribution >= 0.6 is 0 Å². The Morgan fingerprint density at radius 1 is 1.71 bits per heavy atom. The van der Waals surface area contributed by atoms with E-state index in [2.05, 4.69) is 0 Å². The molecule has 1 amide bonds. The Labute approximate surface area is 101 Å². The summed E-state index contributed by atoms with van der Waals surface area (Å²) in [4.78, 5) is 13.9. The number of hydrogen-bond donors (Lipinski definition) is 1. The van der Waals surface area contributed by atoms with Gasteiger partial charge in [0.05, 0.1) is 11.8 Å². The topological polar surface area (TPSA) is 60.5 Å². The van der Waals surface area contributed by atoms with Crippen LogP contribution in [0.25, 0.3) is 0 Å². The molecule has 1 aliphatic rings. The Kier molecular flexibility index (Phi) is 3.38. The van der Waals surface area contributed by atoms with Crippen LogP contribution in [-0.2, 0) is 11.8 Å². The number of aromatic nitrogens is 1. The normalized spacial score (nSPS) is 19.5. The van der Waals surface area contributed by atoms with Crippen LogP contribution in [-0.4, -0.2) is 41.7 Å². The van der Waals surface area contributed by atoms with E-state index in [1.54, 1.807) is 28.8 Å². The lowest BCUT2D eigenvalue weighted by Crippen LogP contribution is -2.34. The van der Waals surface area contributed by atoms with Gasteiger partial charge in [-0.15, -0.1) is 0 Å². The average molecular weight is 237 g/mol. The van der Waals surface area contributed by atoms with Gasteiger partial charge in [0.25, 0.3) is 5.91 Å². The molecule has 5 nitrogen and oxygen atoms in total. The molecule has 1 aliphatic heterocycles. The summed E-state index contributed by atoms with van der Waals surface area (Å²) in [5.74, 6) is -0.0142. The van der Waals surface area contributed by atoms with Crippen LogP contribution in [0, 0.1) is 0 Å². The molecular weight excluding hydrogens is 218 g/mol. The Morgan fingerprint density at radius 3 is 3.00 bits per heavy atom. The van der Waals surface area contributed by atoms with Crippen LogP contribution in [0.15, 0.2) is 12.3 Å². The van der Waals surface area contributed by atoms with Gasteiger partial charge < -0.3 is 19.9 Å². The van der Waals surface area contributed by atoms with E-state index in [1.807, 2.05) is 7.05 Å². The van der Waals surface area contributed by atoms with Crippen LogP contribution < -0.4 is 5.73 Å². The highest BCUT2D eigenvalue weighted by molar-refractivity contribution is 5.93. The van der Waals surface area contributed by atoms with Crippen molar-refractivity contribution < 1.29 is 9.53 Å². The third kappa shape index (κ3) is 2.61. The lowest BCUT2D eigenvalue weighted by molar-refractivity contribution is 0.0580. The van der Waals surface area contributed by atoms with Gasteiger partial charge in [0, 0.05) is 33.4 Å². The van der Waals surface area contributed by atoms with Crippen molar-refractivity contribution in [3.05, 3.63) is 18.0 Å². The summed E-state index contributed by atoms with van der Waals surface area (Å²) in [5, 5.41) is 0. The van der Waals surface area contributed by atoms with Crippen LogP contribution in [0.5, 0.6) is 0 Å². The Bertz CT molecular complexity index is 408. The van der Waals surface area contributed by atoms with Gasteiger partial charge in [-0.3, -0.25) is 4.79 Å². The zero-order chi connectivity index (χ0) is 12.4. The predicted molar refractivity (Wildman–Crippen MR) is 65.8 cm³/mol. The van der Waals surface area contributed by atoms with Gasteiger partial charge in [0.1, 0.15) is 5.69 Å². The highest BCUT2D eigenvalue weighted by Crippen LogP contribution is 2.15. The predicted octanol–water partition coefficient (Wildman–Crippen LogP) is 0.858. The zero-order valence-electron chi connectivity index (χ0n) is 10.3. The van der Waals surface area contributed by atoms with Crippen LogP contribution in [0.4, 0.5) is 5.69 Å². The molecule has 1 aromatic rings. The maximum atomic E-state index is 12.2. The number of anilines is 1. The number of likely N-dealkylation sites (N-methyl/N-ethyl adjacent to an activating group) is 1. The molecule has 0 radical (unpaired) electrons. The van der Waals surface area contributed by atoms with Crippen molar-refractivity contribution in [2.45, 2.75) is 18.9 Å². The van der Waals surface area contributed by atoms with Crippen LogP contribution in [0.2, 0.25) is 0 Å².